The van der Waals surface area contributed by atoms with E-state index in [1.807, 2.05) is 42.6 Å². The molecular formula is C17H21N3O3S. The Labute approximate surface area is 145 Å². The van der Waals surface area contributed by atoms with E-state index >= 15 is 0 Å². The van der Waals surface area contributed by atoms with Crippen LogP contribution in [-0.4, -0.2) is 38.7 Å². The number of aromatic nitrogens is 1. The lowest BCUT2D eigenvalue weighted by Gasteiger charge is -2.24. The highest BCUT2D eigenvalue weighted by Crippen LogP contribution is 2.31. The van der Waals surface area contributed by atoms with Crippen LogP contribution in [0.4, 0.5) is 5.13 Å². The highest BCUT2D eigenvalue weighted by molar-refractivity contribution is 7.13. The lowest BCUT2D eigenvalue weighted by Crippen LogP contribution is -2.37. The summed E-state index contributed by atoms with van der Waals surface area (Å²) in [5.74, 6) is 1.37. The molecule has 1 amide bonds. The van der Waals surface area contributed by atoms with E-state index in [0.717, 1.165) is 27.9 Å². The van der Waals surface area contributed by atoms with Crippen LogP contribution in [0, 0.1) is 5.92 Å². The molecular weight excluding hydrogens is 326 g/mol. The molecule has 1 aliphatic heterocycles. The first kappa shape index (κ1) is 16.6. The number of nitrogens with one attached hydrogen (secondary N) is 1. The van der Waals surface area contributed by atoms with Gasteiger partial charge < -0.3 is 19.7 Å². The molecule has 128 valence electrons. The lowest BCUT2D eigenvalue weighted by molar-refractivity contribution is -0.126. The minimum Gasteiger partial charge on any atom is -0.497 e. The van der Waals surface area contributed by atoms with Crippen LogP contribution in [0.15, 0.2) is 23.6 Å². The number of amides is 1. The number of rotatable bonds is 5. The molecule has 7 heteroatoms. The van der Waals surface area contributed by atoms with Crippen molar-refractivity contribution in [3.63, 3.8) is 0 Å². The number of fused-ring (bicyclic) bond motifs is 1. The van der Waals surface area contributed by atoms with Crippen LogP contribution in [0.3, 0.4) is 0 Å². The van der Waals surface area contributed by atoms with Crippen molar-refractivity contribution in [2.24, 2.45) is 5.92 Å². The van der Waals surface area contributed by atoms with Gasteiger partial charge in [-0.3, -0.25) is 4.79 Å². The first-order valence-electron chi connectivity index (χ1n) is 7.76. The summed E-state index contributed by atoms with van der Waals surface area (Å²) in [5, 5.41) is 5.86. The first-order chi connectivity index (χ1) is 11.6. The van der Waals surface area contributed by atoms with Crippen molar-refractivity contribution in [3.05, 3.63) is 34.8 Å². The summed E-state index contributed by atoms with van der Waals surface area (Å²) >= 11 is 1.57. The van der Waals surface area contributed by atoms with E-state index in [-0.39, 0.29) is 11.8 Å². The normalized spacial score (nSPS) is 16.0. The molecule has 24 heavy (non-hydrogen) atoms. The van der Waals surface area contributed by atoms with E-state index in [0.29, 0.717) is 19.6 Å². The van der Waals surface area contributed by atoms with Gasteiger partial charge in [0.25, 0.3) is 0 Å². The third-order valence-electron chi connectivity index (χ3n) is 3.92. The summed E-state index contributed by atoms with van der Waals surface area (Å²) in [6.07, 6.45) is 0.672. The number of ether oxygens (including phenoxy) is 2. The van der Waals surface area contributed by atoms with E-state index in [1.54, 1.807) is 18.4 Å². The van der Waals surface area contributed by atoms with Crippen LogP contribution in [0.5, 0.6) is 11.5 Å². The van der Waals surface area contributed by atoms with E-state index in [1.165, 1.54) is 0 Å². The van der Waals surface area contributed by atoms with Crippen molar-refractivity contribution < 1.29 is 14.3 Å². The molecule has 0 radical (unpaired) electrons. The van der Waals surface area contributed by atoms with Crippen LogP contribution < -0.4 is 19.7 Å². The van der Waals surface area contributed by atoms with Crippen molar-refractivity contribution in [1.29, 1.82) is 0 Å². The molecule has 1 N–H and O–H groups in total. The molecule has 0 saturated heterocycles. The third kappa shape index (κ3) is 3.62. The zero-order valence-electron chi connectivity index (χ0n) is 14.0. The van der Waals surface area contributed by atoms with Crippen molar-refractivity contribution in [3.8, 4) is 11.5 Å². The van der Waals surface area contributed by atoms with Gasteiger partial charge in [0.2, 0.25) is 5.91 Å². The summed E-state index contributed by atoms with van der Waals surface area (Å²) in [7, 11) is 5.53. The Morgan fingerprint density at radius 2 is 2.33 bits per heavy atom. The zero-order chi connectivity index (χ0) is 17.1. The van der Waals surface area contributed by atoms with Crippen molar-refractivity contribution >= 4 is 22.4 Å². The fraction of sp³-hybridized carbons (Fsp3) is 0.412. The summed E-state index contributed by atoms with van der Waals surface area (Å²) in [5.41, 5.74) is 1.91. The van der Waals surface area contributed by atoms with Gasteiger partial charge in [-0.1, -0.05) is 6.07 Å². The Hall–Kier alpha value is -2.28. The fourth-order valence-electron chi connectivity index (χ4n) is 2.55. The predicted octanol–water partition coefficient (Wildman–Crippen LogP) is 2.09. The Morgan fingerprint density at radius 3 is 3.04 bits per heavy atom. The first-order valence-corrected chi connectivity index (χ1v) is 8.64. The SMILES string of the molecule is COc1ccc2c(c1)OC[C@@H](C(=O)NCc1csc(N(C)C)n1)C2. The van der Waals surface area contributed by atoms with Gasteiger partial charge in [-0.15, -0.1) is 11.3 Å². The van der Waals surface area contributed by atoms with E-state index in [4.69, 9.17) is 9.47 Å². The summed E-state index contributed by atoms with van der Waals surface area (Å²) in [6.45, 7) is 0.821. The Morgan fingerprint density at radius 1 is 1.50 bits per heavy atom. The van der Waals surface area contributed by atoms with Gasteiger partial charge in [-0.05, 0) is 18.1 Å². The molecule has 2 heterocycles. The molecule has 0 bridgehead atoms. The highest BCUT2D eigenvalue weighted by atomic mass is 32.1. The Balaban J connectivity index is 1.57. The van der Waals surface area contributed by atoms with Gasteiger partial charge in [-0.25, -0.2) is 4.98 Å². The second-order valence-electron chi connectivity index (χ2n) is 5.92. The maximum absolute atomic E-state index is 12.4. The highest BCUT2D eigenvalue weighted by Gasteiger charge is 2.26. The number of carbonyl (C=O) groups is 1. The average Bonchev–Trinajstić information content (AvgIpc) is 3.08. The number of anilines is 1. The van der Waals surface area contributed by atoms with Crippen molar-refractivity contribution in [2.45, 2.75) is 13.0 Å². The molecule has 0 unspecified atom stereocenters. The summed E-state index contributed by atoms with van der Waals surface area (Å²) in [6, 6.07) is 5.71. The van der Waals surface area contributed by atoms with Crippen LogP contribution in [-0.2, 0) is 17.8 Å². The number of thiazole rings is 1. The van der Waals surface area contributed by atoms with Crippen LogP contribution in [0.2, 0.25) is 0 Å². The number of hydrogen-bond donors (Lipinski definition) is 1. The second-order valence-corrected chi connectivity index (χ2v) is 6.76. The van der Waals surface area contributed by atoms with Gasteiger partial charge >= 0.3 is 0 Å². The molecule has 3 rings (SSSR count). The van der Waals surface area contributed by atoms with Gasteiger partial charge in [0, 0.05) is 25.5 Å². The molecule has 2 aromatic rings. The Bertz CT molecular complexity index is 730. The van der Waals surface area contributed by atoms with Gasteiger partial charge in [-0.2, -0.15) is 0 Å². The zero-order valence-corrected chi connectivity index (χ0v) is 14.9. The van der Waals surface area contributed by atoms with E-state index in [9.17, 15) is 4.79 Å². The quantitative estimate of drug-likeness (QED) is 0.897. The molecule has 1 atom stereocenters. The molecule has 6 nitrogen and oxygen atoms in total. The number of carbonyl (C=O) groups excluding carboxylic acids is 1. The van der Waals surface area contributed by atoms with Crippen LogP contribution >= 0.6 is 11.3 Å². The van der Waals surface area contributed by atoms with Crippen molar-refractivity contribution in [2.75, 3.05) is 32.7 Å². The fourth-order valence-corrected chi connectivity index (χ4v) is 3.31. The van der Waals surface area contributed by atoms with Crippen LogP contribution in [0.1, 0.15) is 11.3 Å². The van der Waals surface area contributed by atoms with E-state index in [2.05, 4.69) is 10.3 Å². The summed E-state index contributed by atoms with van der Waals surface area (Å²) < 4.78 is 10.9. The minimum atomic E-state index is -0.183. The largest absolute Gasteiger partial charge is 0.497 e. The number of methoxy groups -OCH3 is 1. The number of hydrogen-bond acceptors (Lipinski definition) is 6. The Kier molecular flexibility index (Phi) is 4.89. The molecule has 1 aromatic heterocycles. The molecule has 1 aliphatic rings. The molecule has 0 saturated carbocycles. The molecule has 1 aromatic carbocycles. The molecule has 0 spiro atoms. The second kappa shape index (κ2) is 7.09. The average molecular weight is 347 g/mol. The van der Waals surface area contributed by atoms with Crippen molar-refractivity contribution in [1.82, 2.24) is 10.3 Å². The van der Waals surface area contributed by atoms with Gasteiger partial charge in [0.15, 0.2) is 5.13 Å². The maximum Gasteiger partial charge on any atom is 0.227 e. The number of benzene rings is 1. The smallest absolute Gasteiger partial charge is 0.227 e. The minimum absolute atomic E-state index is 0.00382. The molecule has 0 fully saturated rings. The van der Waals surface area contributed by atoms with Crippen LogP contribution in [0.25, 0.3) is 0 Å². The van der Waals surface area contributed by atoms with Gasteiger partial charge in [0.1, 0.15) is 18.1 Å². The lowest BCUT2D eigenvalue weighted by atomic mass is 9.96. The standard InChI is InChI=1S/C17H21N3O3S/c1-20(2)17-19-13(10-24-17)8-18-16(21)12-6-11-4-5-14(22-3)7-15(11)23-9-12/h4-5,7,10,12H,6,8-9H2,1-3H3,(H,18,21)/t12-/m0/s1. The topological polar surface area (TPSA) is 63.7 Å². The van der Waals surface area contributed by atoms with Gasteiger partial charge in [0.05, 0.1) is 25.3 Å². The monoisotopic (exact) mass is 347 g/mol. The van der Waals surface area contributed by atoms with E-state index < -0.39 is 0 Å². The predicted molar refractivity (Wildman–Crippen MR) is 94.0 cm³/mol. The number of nitrogens with zero attached hydrogens (tertiary/aromatic N) is 2. The third-order valence-corrected chi connectivity index (χ3v) is 4.97. The summed E-state index contributed by atoms with van der Waals surface area (Å²) in [4.78, 5) is 18.8. The molecule has 0 aliphatic carbocycles. The maximum atomic E-state index is 12.4.